The van der Waals surface area contributed by atoms with Crippen LogP contribution >= 0.6 is 0 Å². The summed E-state index contributed by atoms with van der Waals surface area (Å²) in [4.78, 5) is 25.7. The number of fused-ring (bicyclic) bond motifs is 1. The number of pyridine rings is 2. The average molecular weight is 484 g/mol. The minimum absolute atomic E-state index is 0.0190. The lowest BCUT2D eigenvalue weighted by molar-refractivity contribution is 0.102. The fourth-order valence-electron chi connectivity index (χ4n) is 4.44. The summed E-state index contributed by atoms with van der Waals surface area (Å²) in [7, 11) is -2.84. The van der Waals surface area contributed by atoms with Crippen LogP contribution < -0.4 is 11.1 Å². The summed E-state index contributed by atoms with van der Waals surface area (Å²) in [5.41, 5.74) is 5.92. The number of amidine groups is 1. The molecule has 1 amide bonds. The van der Waals surface area contributed by atoms with Crippen LogP contribution in [0.3, 0.4) is 0 Å². The Morgan fingerprint density at radius 1 is 1.32 bits per heavy atom. The Hall–Kier alpha value is -3.39. The van der Waals surface area contributed by atoms with Crippen molar-refractivity contribution >= 4 is 27.3 Å². The molecule has 9 nitrogen and oxygen atoms in total. The molecule has 178 valence electrons. The molecule has 0 radical (unpaired) electrons. The van der Waals surface area contributed by atoms with E-state index in [2.05, 4.69) is 24.6 Å². The fraction of sp³-hybridized carbons (Fsp3) is 0.435. The van der Waals surface area contributed by atoms with Crippen LogP contribution in [0, 0.1) is 24.1 Å². The van der Waals surface area contributed by atoms with E-state index in [4.69, 9.17) is 11.0 Å². The van der Waals surface area contributed by atoms with Crippen LogP contribution in [0.5, 0.6) is 0 Å². The number of aliphatic imine (C=N–C) groups is 1. The van der Waals surface area contributed by atoms with Gasteiger partial charge in [0, 0.05) is 12.7 Å². The smallest absolute Gasteiger partial charge is 0.275 e. The first-order chi connectivity index (χ1) is 16.0. The molecule has 34 heavy (non-hydrogen) atoms. The number of carbonyl (C=O) groups is 1. The van der Waals surface area contributed by atoms with E-state index in [0.29, 0.717) is 24.1 Å². The Morgan fingerprint density at radius 2 is 2.09 bits per heavy atom. The molecule has 0 aliphatic carbocycles. The number of rotatable bonds is 3. The van der Waals surface area contributed by atoms with Crippen LogP contribution in [0.15, 0.2) is 33.8 Å². The fourth-order valence-corrected chi connectivity index (χ4v) is 7.36. The number of aryl methyl sites for hydroxylation is 1. The van der Waals surface area contributed by atoms with Crippen LogP contribution in [0.2, 0.25) is 0 Å². The summed E-state index contributed by atoms with van der Waals surface area (Å²) >= 11 is 0. The van der Waals surface area contributed by atoms with E-state index >= 15 is 4.39 Å². The van der Waals surface area contributed by atoms with Crippen LogP contribution in [-0.4, -0.2) is 43.0 Å². The Balaban J connectivity index is 1.71. The van der Waals surface area contributed by atoms with Crippen LogP contribution in [0.1, 0.15) is 60.4 Å². The lowest BCUT2D eigenvalue weighted by Crippen LogP contribution is -2.56. The number of nitrogens with zero attached hydrogens (tertiary/aromatic N) is 5. The third-order valence-electron chi connectivity index (χ3n) is 6.47. The summed E-state index contributed by atoms with van der Waals surface area (Å²) in [5, 5.41) is 11.6. The summed E-state index contributed by atoms with van der Waals surface area (Å²) < 4.78 is 32.6. The second-order valence-electron chi connectivity index (χ2n) is 9.08. The minimum Gasteiger partial charge on any atom is -0.386 e. The number of halogens is 1. The van der Waals surface area contributed by atoms with Gasteiger partial charge in [0.1, 0.15) is 45.2 Å². The van der Waals surface area contributed by atoms with E-state index in [0.717, 1.165) is 12.8 Å². The van der Waals surface area contributed by atoms with Crippen LogP contribution in [0.4, 0.5) is 10.2 Å². The first kappa shape index (κ1) is 23.8. The van der Waals surface area contributed by atoms with Crippen molar-refractivity contribution in [3.8, 4) is 6.07 Å². The molecule has 2 aliphatic rings. The molecule has 3 atom stereocenters. The molecule has 0 aromatic carbocycles. The first-order valence-corrected chi connectivity index (χ1v) is 12.6. The maximum Gasteiger partial charge on any atom is 0.275 e. The van der Waals surface area contributed by atoms with Gasteiger partial charge in [0.25, 0.3) is 5.91 Å². The van der Waals surface area contributed by atoms with Gasteiger partial charge in [-0.3, -0.25) is 9.79 Å². The molecule has 0 bridgehead atoms. The number of aromatic nitrogens is 2. The van der Waals surface area contributed by atoms with Gasteiger partial charge in [0.2, 0.25) is 0 Å². The number of carbonyl (C=O) groups excluding carboxylic acids is 1. The SMILES string of the molecule is Cc1cc(C#N)cnc1C(=O)Nc1ccc(F)c(C2(C)CS3(=O)=NCCCCC3(C)C(N)=N2)n1. The highest BCUT2D eigenvalue weighted by Crippen LogP contribution is 2.41. The standard InChI is InChI=1S/C23H26FN7O2S/c1-14-10-15(11-25)12-27-18(14)20(32)30-17-7-6-16(24)19(29-17)22(2)13-34(33)23(3,21(26)31-22)8-4-5-9-28-34/h6-7,10,12H,4-5,8-9,13H2,1-3H3,(H2,26,31)(H,29,30,32). The van der Waals surface area contributed by atoms with Gasteiger partial charge < -0.3 is 11.1 Å². The summed E-state index contributed by atoms with van der Waals surface area (Å²) in [6, 6.07) is 6.03. The molecule has 4 rings (SSSR count). The lowest BCUT2D eigenvalue weighted by Gasteiger charge is -2.41. The van der Waals surface area contributed by atoms with E-state index in [-0.39, 0.29) is 28.8 Å². The summed E-state index contributed by atoms with van der Waals surface area (Å²) in [6.07, 6.45) is 3.55. The van der Waals surface area contributed by atoms with Gasteiger partial charge in [-0.1, -0.05) is 0 Å². The topological polar surface area (TPSA) is 146 Å². The molecule has 3 N–H and O–H groups in total. The van der Waals surface area contributed by atoms with E-state index in [1.807, 2.05) is 13.0 Å². The van der Waals surface area contributed by atoms with Crippen molar-refractivity contribution in [1.29, 1.82) is 5.26 Å². The number of nitrogens with one attached hydrogen (secondary N) is 1. The second-order valence-corrected chi connectivity index (χ2v) is 11.8. The minimum atomic E-state index is -2.84. The largest absolute Gasteiger partial charge is 0.386 e. The van der Waals surface area contributed by atoms with Gasteiger partial charge >= 0.3 is 0 Å². The van der Waals surface area contributed by atoms with E-state index < -0.39 is 31.7 Å². The van der Waals surface area contributed by atoms with Crippen molar-refractivity contribution in [3.05, 3.63) is 52.7 Å². The monoisotopic (exact) mass is 483 g/mol. The molecular formula is C23H26FN7O2S. The zero-order chi connectivity index (χ0) is 24.7. The number of anilines is 1. The third-order valence-corrected chi connectivity index (χ3v) is 9.85. The number of nitriles is 1. The Morgan fingerprint density at radius 3 is 2.79 bits per heavy atom. The van der Waals surface area contributed by atoms with Crippen molar-refractivity contribution in [2.45, 2.75) is 50.3 Å². The highest BCUT2D eigenvalue weighted by molar-refractivity contribution is 7.95. The van der Waals surface area contributed by atoms with E-state index in [1.165, 1.54) is 18.3 Å². The average Bonchev–Trinajstić information content (AvgIpc) is 2.93. The predicted molar refractivity (Wildman–Crippen MR) is 127 cm³/mol. The number of amides is 1. The van der Waals surface area contributed by atoms with E-state index in [9.17, 15) is 9.00 Å². The second kappa shape index (κ2) is 8.43. The van der Waals surface area contributed by atoms with Gasteiger partial charge in [-0.15, -0.1) is 0 Å². The maximum atomic E-state index is 15.0. The van der Waals surface area contributed by atoms with Crippen LogP contribution in [0.25, 0.3) is 0 Å². The Kier molecular flexibility index (Phi) is 5.89. The van der Waals surface area contributed by atoms with Gasteiger partial charge in [0.05, 0.1) is 21.0 Å². The van der Waals surface area contributed by atoms with Gasteiger partial charge in [-0.2, -0.15) is 5.26 Å². The van der Waals surface area contributed by atoms with Crippen molar-refractivity contribution in [3.63, 3.8) is 0 Å². The molecule has 3 unspecified atom stereocenters. The number of hydrogen-bond acceptors (Lipinski definition) is 8. The quantitative estimate of drug-likeness (QED) is 0.686. The molecule has 0 spiro atoms. The third kappa shape index (κ3) is 3.92. The van der Waals surface area contributed by atoms with Crippen molar-refractivity contribution < 1.29 is 13.4 Å². The number of nitrogens with two attached hydrogens (primary N) is 1. The van der Waals surface area contributed by atoms with Crippen molar-refractivity contribution in [1.82, 2.24) is 9.97 Å². The molecule has 2 aromatic rings. The zero-order valence-corrected chi connectivity index (χ0v) is 20.1. The van der Waals surface area contributed by atoms with Crippen LogP contribution in [-0.2, 0) is 15.3 Å². The molecule has 2 aliphatic heterocycles. The lowest BCUT2D eigenvalue weighted by atomic mass is 9.96. The highest BCUT2D eigenvalue weighted by atomic mass is 32.2. The normalized spacial score (nSPS) is 28.5. The molecule has 2 aromatic heterocycles. The molecule has 0 saturated heterocycles. The summed E-state index contributed by atoms with van der Waals surface area (Å²) in [5.74, 6) is -0.950. The van der Waals surface area contributed by atoms with Gasteiger partial charge in [-0.05, 0) is 63.8 Å². The Bertz CT molecular complexity index is 1380. The van der Waals surface area contributed by atoms with E-state index in [1.54, 1.807) is 19.9 Å². The summed E-state index contributed by atoms with van der Waals surface area (Å²) in [6.45, 7) is 5.57. The van der Waals surface area contributed by atoms with Crippen molar-refractivity contribution in [2.75, 3.05) is 17.6 Å². The highest BCUT2D eigenvalue weighted by Gasteiger charge is 2.51. The molecular weight excluding hydrogens is 457 g/mol. The van der Waals surface area contributed by atoms with Gasteiger partial charge in [0.15, 0.2) is 0 Å². The van der Waals surface area contributed by atoms with Crippen molar-refractivity contribution in [2.24, 2.45) is 15.1 Å². The number of hydrogen-bond donors (Lipinski definition) is 2. The van der Waals surface area contributed by atoms with Gasteiger partial charge in [-0.25, -0.2) is 22.9 Å². The Labute approximate surface area is 197 Å². The maximum absolute atomic E-state index is 15.0. The molecule has 0 fully saturated rings. The zero-order valence-electron chi connectivity index (χ0n) is 19.3. The molecule has 4 heterocycles. The molecule has 11 heteroatoms. The molecule has 0 saturated carbocycles. The predicted octanol–water partition coefficient (Wildman–Crippen LogP) is 3.04. The first-order valence-electron chi connectivity index (χ1n) is 10.9.